The molecule has 7 nitrogen and oxygen atoms in total. The molecule has 1 aliphatic rings. The summed E-state index contributed by atoms with van der Waals surface area (Å²) in [6.45, 7) is 0.475. The first kappa shape index (κ1) is 21.2. The van der Waals surface area contributed by atoms with Crippen molar-refractivity contribution in [1.29, 1.82) is 0 Å². The summed E-state index contributed by atoms with van der Waals surface area (Å²) in [4.78, 5) is 4.64. The normalized spacial score (nSPS) is 15.0. The summed E-state index contributed by atoms with van der Waals surface area (Å²) >= 11 is 12.2. The van der Waals surface area contributed by atoms with Gasteiger partial charge in [-0.25, -0.2) is 4.98 Å². The van der Waals surface area contributed by atoms with Crippen molar-refractivity contribution in [3.05, 3.63) is 52.0 Å². The van der Waals surface area contributed by atoms with Crippen LogP contribution in [0, 0.1) is 0 Å². The van der Waals surface area contributed by atoms with Gasteiger partial charge >= 0.3 is 51.4 Å². The smallest absolute Gasteiger partial charge is 0.714 e. The maximum Gasteiger partial charge on any atom is 1.00 e. The topological polar surface area (TPSA) is 96.6 Å². The summed E-state index contributed by atoms with van der Waals surface area (Å²) in [5.74, 6) is 0.711. The zero-order valence-corrected chi connectivity index (χ0v) is 19.5. The van der Waals surface area contributed by atoms with Crippen LogP contribution in [0.3, 0.4) is 0 Å². The van der Waals surface area contributed by atoms with E-state index in [1.54, 1.807) is 24.3 Å². The van der Waals surface area contributed by atoms with E-state index in [9.17, 15) is 13.0 Å². The minimum absolute atomic E-state index is 0. The Labute approximate surface area is 207 Å². The fourth-order valence-corrected chi connectivity index (χ4v) is 3.52. The monoisotopic (exact) mass is 449 g/mol. The number of oxime groups is 1. The molecule has 0 bridgehead atoms. The number of nitrogens with zero attached hydrogens (tertiary/aromatic N) is 3. The molecule has 0 N–H and O–H groups in total. The Morgan fingerprint density at radius 1 is 1.15 bits per heavy atom. The minimum atomic E-state index is -4.92. The molecular weight excluding hydrogens is 440 g/mol. The first-order valence-corrected chi connectivity index (χ1v) is 9.59. The van der Waals surface area contributed by atoms with Crippen LogP contribution in [0.1, 0.15) is 12.0 Å². The summed E-state index contributed by atoms with van der Waals surface area (Å²) < 4.78 is 38.1. The van der Waals surface area contributed by atoms with Crippen LogP contribution in [-0.4, -0.2) is 28.2 Å². The zero-order valence-electron chi connectivity index (χ0n) is 14.0. The van der Waals surface area contributed by atoms with Crippen molar-refractivity contribution < 1.29 is 68.6 Å². The van der Waals surface area contributed by atoms with Gasteiger partial charge in [-0.2, -0.15) is 8.42 Å². The molecule has 0 atom stereocenters. The van der Waals surface area contributed by atoms with E-state index in [1.807, 2.05) is 16.7 Å². The van der Waals surface area contributed by atoms with Gasteiger partial charge in [0, 0.05) is 29.1 Å². The number of aryl methyl sites for hydroxylation is 1. The van der Waals surface area contributed by atoms with E-state index in [-0.39, 0.29) is 51.4 Å². The molecule has 0 saturated heterocycles. The average molecular weight is 450 g/mol. The van der Waals surface area contributed by atoms with Crippen molar-refractivity contribution >= 4 is 50.3 Å². The third kappa shape index (κ3) is 4.26. The molecule has 0 saturated carbocycles. The molecule has 2 heterocycles. The van der Waals surface area contributed by atoms with Crippen LogP contribution in [-0.2, 0) is 21.2 Å². The van der Waals surface area contributed by atoms with Crippen LogP contribution in [0.4, 0.5) is 0 Å². The quantitative estimate of drug-likeness (QED) is 0.252. The second-order valence-electron chi connectivity index (χ2n) is 5.66. The molecule has 1 aromatic heterocycles. The Hall–Kier alpha value is -0.494. The van der Waals surface area contributed by atoms with Crippen molar-refractivity contribution in [2.24, 2.45) is 5.16 Å². The third-order valence-electron chi connectivity index (χ3n) is 4.07. The van der Waals surface area contributed by atoms with Gasteiger partial charge in [0.25, 0.3) is 10.4 Å². The van der Waals surface area contributed by atoms with Gasteiger partial charge in [0.05, 0.1) is 16.3 Å². The van der Waals surface area contributed by atoms with Gasteiger partial charge in [0.2, 0.25) is 0 Å². The van der Waals surface area contributed by atoms with E-state index in [2.05, 4.69) is 14.4 Å². The second kappa shape index (κ2) is 8.09. The van der Waals surface area contributed by atoms with Crippen molar-refractivity contribution in [3.8, 4) is 11.4 Å². The van der Waals surface area contributed by atoms with Crippen molar-refractivity contribution in [2.45, 2.75) is 13.0 Å². The van der Waals surface area contributed by atoms with Crippen LogP contribution < -0.4 is 51.4 Å². The van der Waals surface area contributed by atoms with Crippen molar-refractivity contribution in [1.82, 2.24) is 9.55 Å². The molecule has 0 unspecified atom stereocenters. The predicted molar refractivity (Wildman–Crippen MR) is 97.1 cm³/mol. The fourth-order valence-electron chi connectivity index (χ4n) is 3.01. The maximum atomic E-state index is 10.7. The van der Waals surface area contributed by atoms with E-state index in [1.165, 1.54) is 0 Å². The molecule has 11 heteroatoms. The van der Waals surface area contributed by atoms with Gasteiger partial charge in [0.1, 0.15) is 11.3 Å². The largest absolute Gasteiger partial charge is 1.00 e. The number of halogens is 2. The van der Waals surface area contributed by atoms with Crippen LogP contribution in [0.5, 0.6) is 0 Å². The molecule has 0 amide bonds. The third-order valence-corrected chi connectivity index (χ3v) is 4.88. The number of hydrogen-bond acceptors (Lipinski definition) is 6. The summed E-state index contributed by atoms with van der Waals surface area (Å²) in [5, 5.41) is 4.59. The van der Waals surface area contributed by atoms with Gasteiger partial charge in [0.15, 0.2) is 0 Å². The molecule has 0 spiro atoms. The van der Waals surface area contributed by atoms with E-state index >= 15 is 0 Å². The summed E-state index contributed by atoms with van der Waals surface area (Å²) in [6.07, 6.45) is 0.371. The first-order chi connectivity index (χ1) is 12.3. The Bertz CT molecular complexity index is 1160. The molecule has 0 aliphatic carbocycles. The van der Waals surface area contributed by atoms with Crippen LogP contribution >= 0.6 is 23.2 Å². The molecule has 0 radical (unpaired) electrons. The Balaban J connectivity index is 0.00000210. The Morgan fingerprint density at radius 3 is 2.52 bits per heavy atom. The molecule has 4 rings (SSSR count). The molecule has 1 aliphatic heterocycles. The SMILES string of the molecule is O=S(=O)([O-])O/N=C1\CCn2c(-c3ccc(Cl)cc3)nc3c(Cl)ccc1c32.[K+]. The summed E-state index contributed by atoms with van der Waals surface area (Å²) in [6, 6.07) is 10.6. The Morgan fingerprint density at radius 2 is 1.85 bits per heavy atom. The number of aromatic nitrogens is 2. The first-order valence-electron chi connectivity index (χ1n) is 7.50. The number of benzene rings is 2. The van der Waals surface area contributed by atoms with Crippen molar-refractivity contribution in [3.63, 3.8) is 0 Å². The standard InChI is InChI=1S/C16H11Cl2N3O4S.K/c17-10-3-1-9(2-4-10)16-19-14-12(18)6-5-11-13(20-25-26(22,23)24)7-8-21(16)15(11)14;/h1-6H,7-8H2,(H,22,23,24);/q;+1/p-1/b20-13+;. The van der Waals surface area contributed by atoms with Gasteiger partial charge in [-0.3, -0.25) is 4.28 Å². The number of rotatable bonds is 3. The molecule has 2 aromatic carbocycles. The number of imidazole rings is 1. The van der Waals surface area contributed by atoms with E-state index in [0.717, 1.165) is 5.56 Å². The van der Waals surface area contributed by atoms with Crippen LogP contribution in [0.15, 0.2) is 41.6 Å². The maximum absolute atomic E-state index is 10.7. The molecule has 134 valence electrons. The minimum Gasteiger partial charge on any atom is -0.714 e. The predicted octanol–water partition coefficient (Wildman–Crippen LogP) is 0.599. The van der Waals surface area contributed by atoms with Gasteiger partial charge in [-0.1, -0.05) is 28.4 Å². The summed E-state index contributed by atoms with van der Waals surface area (Å²) in [5.41, 5.74) is 3.10. The van der Waals surface area contributed by atoms with Gasteiger partial charge in [-0.15, -0.1) is 0 Å². The van der Waals surface area contributed by atoms with Crippen molar-refractivity contribution in [2.75, 3.05) is 0 Å². The molecular formula is C16H10Cl2KN3O4S. The van der Waals surface area contributed by atoms with Gasteiger partial charge < -0.3 is 9.12 Å². The molecule has 3 aromatic rings. The zero-order chi connectivity index (χ0) is 18.5. The fraction of sp³-hybridized carbons (Fsp3) is 0.125. The summed E-state index contributed by atoms with van der Waals surface area (Å²) in [7, 11) is -4.92. The van der Waals surface area contributed by atoms with E-state index in [4.69, 9.17) is 23.2 Å². The van der Waals surface area contributed by atoms with Crippen LogP contribution in [0.25, 0.3) is 22.4 Å². The Kier molecular flexibility index (Phi) is 6.36. The van der Waals surface area contributed by atoms with E-state index in [0.29, 0.717) is 51.1 Å². The second-order valence-corrected chi connectivity index (χ2v) is 7.47. The van der Waals surface area contributed by atoms with E-state index < -0.39 is 10.4 Å². The molecule has 0 fully saturated rings. The van der Waals surface area contributed by atoms with Crippen LogP contribution in [0.2, 0.25) is 10.0 Å². The van der Waals surface area contributed by atoms with Gasteiger partial charge in [-0.05, 0) is 36.4 Å². The molecule has 27 heavy (non-hydrogen) atoms. The average Bonchev–Trinajstić information content (AvgIpc) is 2.98. The number of hydrogen-bond donors (Lipinski definition) is 0.